The summed E-state index contributed by atoms with van der Waals surface area (Å²) in [6.07, 6.45) is 8.35. The summed E-state index contributed by atoms with van der Waals surface area (Å²) in [5.41, 5.74) is 7.23. The number of amidine groups is 1. The summed E-state index contributed by atoms with van der Waals surface area (Å²) < 4.78 is 0. The molecule has 0 aliphatic heterocycles. The van der Waals surface area contributed by atoms with Gasteiger partial charge in [-0.2, -0.15) is 0 Å². The quantitative estimate of drug-likeness (QED) is 0.339. The van der Waals surface area contributed by atoms with Crippen LogP contribution in [-0.2, 0) is 0 Å². The van der Waals surface area contributed by atoms with Crippen molar-refractivity contribution in [1.29, 1.82) is 0 Å². The van der Waals surface area contributed by atoms with E-state index in [4.69, 9.17) is 4.99 Å². The molecule has 0 fully saturated rings. The van der Waals surface area contributed by atoms with Crippen molar-refractivity contribution in [1.82, 2.24) is 0 Å². The van der Waals surface area contributed by atoms with E-state index in [1.54, 1.807) is 6.08 Å². The molecule has 2 aromatic carbocycles. The monoisotopic (exact) mass is 379 g/mol. The highest BCUT2D eigenvalue weighted by atomic mass is 14.9. The number of aliphatic imine (C=N–C) groups is 2. The largest absolute Gasteiger partial charge is 0.356 e. The van der Waals surface area contributed by atoms with Gasteiger partial charge in [-0.1, -0.05) is 68.3 Å². The molecule has 1 aliphatic carbocycles. The number of rotatable bonds is 6. The number of benzene rings is 2. The van der Waals surface area contributed by atoms with E-state index in [9.17, 15) is 0 Å². The maximum atomic E-state index is 4.75. The fourth-order valence-corrected chi connectivity index (χ4v) is 3.16. The van der Waals surface area contributed by atoms with Crippen LogP contribution in [0, 0.1) is 0 Å². The second-order valence-corrected chi connectivity index (χ2v) is 6.64. The van der Waals surface area contributed by atoms with E-state index in [0.717, 1.165) is 34.7 Å². The molecule has 3 rings (SSSR count). The number of anilines is 1. The van der Waals surface area contributed by atoms with Crippen molar-refractivity contribution >= 4 is 28.4 Å². The molecule has 3 nitrogen and oxygen atoms in total. The lowest BCUT2D eigenvalue weighted by molar-refractivity contribution is 1.39. The van der Waals surface area contributed by atoms with E-state index in [1.165, 1.54) is 17.3 Å². The van der Waals surface area contributed by atoms with Crippen molar-refractivity contribution in [2.45, 2.75) is 13.3 Å². The van der Waals surface area contributed by atoms with Crippen LogP contribution in [0.1, 0.15) is 24.5 Å². The SMILES string of the molecule is C=C/N=C(C)\N=C1/CC=C(c2ccccc2)C=C1c1cccc(NC(=C)C=C)c1. The van der Waals surface area contributed by atoms with Gasteiger partial charge in [0.1, 0.15) is 5.84 Å². The third-order valence-electron chi connectivity index (χ3n) is 4.53. The van der Waals surface area contributed by atoms with Crippen molar-refractivity contribution in [3.05, 3.63) is 116 Å². The summed E-state index contributed by atoms with van der Waals surface area (Å²) in [7, 11) is 0. The predicted octanol–water partition coefficient (Wildman–Crippen LogP) is 6.67. The molecule has 0 radical (unpaired) electrons. The van der Waals surface area contributed by atoms with E-state index in [1.807, 2.05) is 25.1 Å². The molecule has 0 saturated carbocycles. The fraction of sp³-hybridized carbons (Fsp3) is 0.0769. The molecule has 144 valence electrons. The first-order chi connectivity index (χ1) is 14.1. The minimum absolute atomic E-state index is 0.687. The number of nitrogens with one attached hydrogen (secondary N) is 1. The van der Waals surface area contributed by atoms with Gasteiger partial charge in [0.25, 0.3) is 0 Å². The zero-order valence-corrected chi connectivity index (χ0v) is 16.7. The summed E-state index contributed by atoms with van der Waals surface area (Å²) >= 11 is 0. The van der Waals surface area contributed by atoms with Gasteiger partial charge in [0, 0.05) is 29.6 Å². The first-order valence-corrected chi connectivity index (χ1v) is 9.50. The van der Waals surface area contributed by atoms with Crippen molar-refractivity contribution in [2.75, 3.05) is 5.32 Å². The molecule has 0 unspecified atom stereocenters. The van der Waals surface area contributed by atoms with Crippen molar-refractivity contribution in [2.24, 2.45) is 9.98 Å². The second-order valence-electron chi connectivity index (χ2n) is 6.64. The Morgan fingerprint density at radius 3 is 2.52 bits per heavy atom. The van der Waals surface area contributed by atoms with Gasteiger partial charge in [-0.3, -0.25) is 0 Å². The molecule has 0 saturated heterocycles. The van der Waals surface area contributed by atoms with Crippen molar-refractivity contribution < 1.29 is 0 Å². The van der Waals surface area contributed by atoms with Gasteiger partial charge < -0.3 is 5.32 Å². The zero-order valence-electron chi connectivity index (χ0n) is 16.7. The molecule has 0 heterocycles. The molecule has 1 N–H and O–H groups in total. The van der Waals surface area contributed by atoms with E-state index in [-0.39, 0.29) is 0 Å². The lowest BCUT2D eigenvalue weighted by Gasteiger charge is -2.18. The first-order valence-electron chi connectivity index (χ1n) is 9.50. The van der Waals surface area contributed by atoms with Crippen LogP contribution >= 0.6 is 0 Å². The molecule has 0 spiro atoms. The average Bonchev–Trinajstić information content (AvgIpc) is 2.75. The average molecular weight is 380 g/mol. The van der Waals surface area contributed by atoms with Crippen LogP contribution in [0.3, 0.4) is 0 Å². The fourth-order valence-electron chi connectivity index (χ4n) is 3.16. The van der Waals surface area contributed by atoms with Gasteiger partial charge in [0.2, 0.25) is 0 Å². The zero-order chi connectivity index (χ0) is 20.6. The molecule has 0 bridgehead atoms. The maximum Gasteiger partial charge on any atom is 0.125 e. The summed E-state index contributed by atoms with van der Waals surface area (Å²) in [4.78, 5) is 8.95. The van der Waals surface area contributed by atoms with Crippen molar-refractivity contribution in [3.63, 3.8) is 0 Å². The van der Waals surface area contributed by atoms with Crippen LogP contribution in [-0.4, -0.2) is 11.5 Å². The minimum atomic E-state index is 0.687. The standard InChI is InChI=1S/C26H25N3/c1-5-19(3)28-24-14-10-13-23(17-24)25-18-22(21-11-8-7-9-12-21)15-16-26(25)29-20(4)27-6-2/h5-15,17-18,28H,1-3,16H2,4H3/b27-20-,29-26+. The number of hydrogen-bond acceptors (Lipinski definition) is 2. The van der Waals surface area contributed by atoms with Gasteiger partial charge in [-0.15, -0.1) is 0 Å². The van der Waals surface area contributed by atoms with Crippen LogP contribution in [0.25, 0.3) is 11.1 Å². The highest BCUT2D eigenvalue weighted by molar-refractivity contribution is 6.30. The lowest BCUT2D eigenvalue weighted by atomic mass is 9.89. The molecule has 0 aromatic heterocycles. The number of nitrogens with zero attached hydrogens (tertiary/aromatic N) is 2. The third-order valence-corrected chi connectivity index (χ3v) is 4.53. The Morgan fingerprint density at radius 1 is 1.03 bits per heavy atom. The predicted molar refractivity (Wildman–Crippen MR) is 127 cm³/mol. The van der Waals surface area contributed by atoms with Crippen LogP contribution in [0.5, 0.6) is 0 Å². The van der Waals surface area contributed by atoms with Gasteiger partial charge in [-0.05, 0) is 47.9 Å². The summed E-state index contributed by atoms with van der Waals surface area (Å²) in [5, 5.41) is 3.26. The van der Waals surface area contributed by atoms with Gasteiger partial charge in [-0.25, -0.2) is 9.98 Å². The van der Waals surface area contributed by atoms with Crippen LogP contribution < -0.4 is 5.32 Å². The van der Waals surface area contributed by atoms with Crippen molar-refractivity contribution in [3.8, 4) is 0 Å². The van der Waals surface area contributed by atoms with Crippen LogP contribution in [0.15, 0.2) is 114 Å². The smallest absolute Gasteiger partial charge is 0.125 e. The molecule has 0 amide bonds. The molecule has 1 aliphatic rings. The van der Waals surface area contributed by atoms with Gasteiger partial charge >= 0.3 is 0 Å². The first kappa shape index (κ1) is 20.0. The third kappa shape index (κ3) is 5.17. The Balaban J connectivity index is 2.06. The molecular formula is C26H25N3. The highest BCUT2D eigenvalue weighted by Gasteiger charge is 2.16. The highest BCUT2D eigenvalue weighted by Crippen LogP contribution is 2.31. The molecule has 3 heteroatoms. The summed E-state index contributed by atoms with van der Waals surface area (Å²) in [6, 6.07) is 18.6. The number of allylic oxidation sites excluding steroid dienone is 5. The van der Waals surface area contributed by atoms with Crippen LogP contribution in [0.4, 0.5) is 5.69 Å². The Morgan fingerprint density at radius 2 is 1.79 bits per heavy atom. The van der Waals surface area contributed by atoms with E-state index in [2.05, 4.69) is 78.6 Å². The number of hydrogen-bond donors (Lipinski definition) is 1. The summed E-state index contributed by atoms with van der Waals surface area (Å²) in [5.74, 6) is 0.687. The van der Waals surface area contributed by atoms with E-state index in [0.29, 0.717) is 5.84 Å². The molecular weight excluding hydrogens is 354 g/mol. The normalized spacial score (nSPS) is 15.3. The Hall–Kier alpha value is -3.72. The van der Waals surface area contributed by atoms with E-state index >= 15 is 0 Å². The Kier molecular flexibility index (Phi) is 6.54. The maximum absolute atomic E-state index is 4.75. The second kappa shape index (κ2) is 9.47. The molecule has 0 atom stereocenters. The van der Waals surface area contributed by atoms with Crippen LogP contribution in [0.2, 0.25) is 0 Å². The van der Waals surface area contributed by atoms with E-state index < -0.39 is 0 Å². The minimum Gasteiger partial charge on any atom is -0.356 e. The topological polar surface area (TPSA) is 36.8 Å². The molecule has 29 heavy (non-hydrogen) atoms. The summed E-state index contributed by atoms with van der Waals surface area (Å²) in [6.45, 7) is 13.2. The van der Waals surface area contributed by atoms with Gasteiger partial charge in [0.15, 0.2) is 0 Å². The Bertz CT molecular complexity index is 1050. The Labute approximate surface area is 172 Å². The van der Waals surface area contributed by atoms with Gasteiger partial charge in [0.05, 0.1) is 5.71 Å². The lowest BCUT2D eigenvalue weighted by Crippen LogP contribution is -2.09. The molecule has 2 aromatic rings.